The van der Waals surface area contributed by atoms with Crippen molar-refractivity contribution in [1.82, 2.24) is 5.32 Å². The van der Waals surface area contributed by atoms with Crippen molar-refractivity contribution in [3.63, 3.8) is 0 Å². The standard InChI is InChI=1S/C12H11NO3/c1-2-11(14)13-8-10(12(15)16)9-6-4-3-5-7-9/h1,3-7,10H,8H2,(H,13,14)(H,15,16). The monoisotopic (exact) mass is 217 g/mol. The van der Waals surface area contributed by atoms with Crippen LogP contribution in [0.1, 0.15) is 11.5 Å². The second-order valence-electron chi connectivity index (χ2n) is 3.16. The molecular formula is C12H11NO3. The van der Waals surface area contributed by atoms with E-state index in [0.717, 1.165) is 0 Å². The summed E-state index contributed by atoms with van der Waals surface area (Å²) >= 11 is 0. The zero-order chi connectivity index (χ0) is 12.0. The number of rotatable bonds is 4. The summed E-state index contributed by atoms with van der Waals surface area (Å²) in [5, 5.41) is 11.4. The van der Waals surface area contributed by atoms with Crippen LogP contribution in [-0.4, -0.2) is 23.5 Å². The van der Waals surface area contributed by atoms with Crippen molar-refractivity contribution in [2.75, 3.05) is 6.54 Å². The molecule has 4 heteroatoms. The van der Waals surface area contributed by atoms with Crippen LogP contribution >= 0.6 is 0 Å². The van der Waals surface area contributed by atoms with Crippen LogP contribution in [0.15, 0.2) is 30.3 Å². The van der Waals surface area contributed by atoms with Crippen LogP contribution in [0.25, 0.3) is 0 Å². The fourth-order valence-corrected chi connectivity index (χ4v) is 1.28. The number of aliphatic carboxylic acids is 1. The SMILES string of the molecule is C#CC(=O)NCC(C(=O)O)c1ccccc1. The van der Waals surface area contributed by atoms with Crippen LogP contribution in [-0.2, 0) is 9.59 Å². The topological polar surface area (TPSA) is 66.4 Å². The number of benzene rings is 1. The van der Waals surface area contributed by atoms with Crippen molar-refractivity contribution in [3.8, 4) is 12.3 Å². The van der Waals surface area contributed by atoms with E-state index in [-0.39, 0.29) is 6.54 Å². The van der Waals surface area contributed by atoms with Gasteiger partial charge in [-0.05, 0) is 11.5 Å². The Labute approximate surface area is 93.3 Å². The summed E-state index contributed by atoms with van der Waals surface area (Å²) in [5.41, 5.74) is 0.632. The molecule has 0 bridgehead atoms. The minimum absolute atomic E-state index is 0.0115. The number of carbonyl (C=O) groups excluding carboxylic acids is 1. The first-order valence-electron chi connectivity index (χ1n) is 4.67. The van der Waals surface area contributed by atoms with E-state index in [1.807, 2.05) is 5.92 Å². The van der Waals surface area contributed by atoms with Crippen LogP contribution in [0.2, 0.25) is 0 Å². The van der Waals surface area contributed by atoms with Gasteiger partial charge in [0.2, 0.25) is 0 Å². The van der Waals surface area contributed by atoms with Crippen molar-refractivity contribution in [2.24, 2.45) is 0 Å². The summed E-state index contributed by atoms with van der Waals surface area (Å²) in [6.07, 6.45) is 4.86. The van der Waals surface area contributed by atoms with Crippen LogP contribution in [0, 0.1) is 12.3 Å². The van der Waals surface area contributed by atoms with E-state index in [4.69, 9.17) is 11.5 Å². The van der Waals surface area contributed by atoms with Crippen molar-refractivity contribution < 1.29 is 14.7 Å². The van der Waals surface area contributed by atoms with Crippen molar-refractivity contribution in [2.45, 2.75) is 5.92 Å². The molecule has 16 heavy (non-hydrogen) atoms. The molecule has 2 N–H and O–H groups in total. The van der Waals surface area contributed by atoms with Crippen LogP contribution in [0.3, 0.4) is 0 Å². The Morgan fingerprint density at radius 3 is 2.50 bits per heavy atom. The van der Waals surface area contributed by atoms with E-state index < -0.39 is 17.8 Å². The summed E-state index contributed by atoms with van der Waals surface area (Å²) in [5.74, 6) is -0.517. The van der Waals surface area contributed by atoms with E-state index >= 15 is 0 Å². The predicted octanol–water partition coefficient (Wildman–Crippen LogP) is 0.604. The molecule has 0 radical (unpaired) electrons. The van der Waals surface area contributed by atoms with Gasteiger partial charge in [-0.2, -0.15) is 0 Å². The Kier molecular flexibility index (Phi) is 4.10. The highest BCUT2D eigenvalue weighted by Crippen LogP contribution is 2.14. The molecule has 0 spiro atoms. The number of carbonyl (C=O) groups is 2. The molecule has 1 rings (SSSR count). The lowest BCUT2D eigenvalue weighted by atomic mass is 9.99. The van der Waals surface area contributed by atoms with Gasteiger partial charge in [-0.15, -0.1) is 6.42 Å². The normalized spacial score (nSPS) is 11.2. The lowest BCUT2D eigenvalue weighted by Gasteiger charge is -2.12. The maximum absolute atomic E-state index is 11.0. The number of hydrogen-bond acceptors (Lipinski definition) is 2. The smallest absolute Gasteiger partial charge is 0.312 e. The highest BCUT2D eigenvalue weighted by atomic mass is 16.4. The molecule has 0 fully saturated rings. The molecule has 4 nitrogen and oxygen atoms in total. The number of nitrogens with one attached hydrogen (secondary N) is 1. The van der Waals surface area contributed by atoms with Gasteiger partial charge < -0.3 is 10.4 Å². The number of hydrogen-bond donors (Lipinski definition) is 2. The first-order chi connectivity index (χ1) is 7.65. The fraction of sp³-hybridized carbons (Fsp3) is 0.167. The van der Waals surface area contributed by atoms with E-state index in [1.165, 1.54) is 0 Å². The molecule has 0 saturated carbocycles. The molecule has 1 unspecified atom stereocenters. The zero-order valence-electron chi connectivity index (χ0n) is 8.51. The molecule has 1 atom stereocenters. The minimum atomic E-state index is -0.997. The van der Waals surface area contributed by atoms with Crippen molar-refractivity contribution in [1.29, 1.82) is 0 Å². The van der Waals surface area contributed by atoms with Gasteiger partial charge in [0.25, 0.3) is 5.91 Å². The van der Waals surface area contributed by atoms with E-state index in [9.17, 15) is 9.59 Å². The second-order valence-corrected chi connectivity index (χ2v) is 3.16. The zero-order valence-corrected chi connectivity index (χ0v) is 8.51. The molecule has 1 aromatic rings. The van der Waals surface area contributed by atoms with Crippen LogP contribution in [0.4, 0.5) is 0 Å². The van der Waals surface area contributed by atoms with E-state index in [1.54, 1.807) is 30.3 Å². The molecule has 0 heterocycles. The summed E-state index contributed by atoms with van der Waals surface area (Å²) in [4.78, 5) is 21.8. The Hall–Kier alpha value is -2.28. The first kappa shape index (κ1) is 11.8. The highest BCUT2D eigenvalue weighted by Gasteiger charge is 2.19. The molecule has 0 saturated heterocycles. The van der Waals surface area contributed by atoms with Crippen molar-refractivity contribution in [3.05, 3.63) is 35.9 Å². The molecule has 1 amide bonds. The average Bonchev–Trinajstić information content (AvgIpc) is 2.30. The third-order valence-corrected chi connectivity index (χ3v) is 2.10. The van der Waals surface area contributed by atoms with Crippen LogP contribution < -0.4 is 5.32 Å². The Bertz CT molecular complexity index is 420. The molecule has 0 aromatic heterocycles. The van der Waals surface area contributed by atoms with Gasteiger partial charge in [-0.25, -0.2) is 0 Å². The third-order valence-electron chi connectivity index (χ3n) is 2.10. The quantitative estimate of drug-likeness (QED) is 0.726. The fourth-order valence-electron chi connectivity index (χ4n) is 1.28. The van der Waals surface area contributed by atoms with Gasteiger partial charge in [0.05, 0.1) is 5.92 Å². The first-order valence-corrected chi connectivity index (χ1v) is 4.67. The Morgan fingerprint density at radius 1 is 1.38 bits per heavy atom. The molecular weight excluding hydrogens is 206 g/mol. The molecule has 0 aliphatic heterocycles. The largest absolute Gasteiger partial charge is 0.481 e. The summed E-state index contributed by atoms with van der Waals surface area (Å²) in [6.45, 7) is -0.0115. The average molecular weight is 217 g/mol. The number of carboxylic acid groups (broad SMARTS) is 1. The maximum Gasteiger partial charge on any atom is 0.312 e. The summed E-state index contributed by atoms with van der Waals surface area (Å²) < 4.78 is 0. The summed E-state index contributed by atoms with van der Waals surface area (Å²) in [7, 11) is 0. The van der Waals surface area contributed by atoms with Gasteiger partial charge >= 0.3 is 5.97 Å². The minimum Gasteiger partial charge on any atom is -0.481 e. The molecule has 1 aromatic carbocycles. The van der Waals surface area contributed by atoms with E-state index in [0.29, 0.717) is 5.56 Å². The molecule has 0 aliphatic carbocycles. The molecule has 82 valence electrons. The lowest BCUT2D eigenvalue weighted by molar-refractivity contribution is -0.138. The van der Waals surface area contributed by atoms with Gasteiger partial charge in [0.1, 0.15) is 0 Å². The second kappa shape index (κ2) is 5.56. The third kappa shape index (κ3) is 3.14. The van der Waals surface area contributed by atoms with E-state index in [2.05, 4.69) is 5.32 Å². The number of terminal acetylenes is 1. The van der Waals surface area contributed by atoms with Gasteiger partial charge in [-0.3, -0.25) is 9.59 Å². The van der Waals surface area contributed by atoms with Gasteiger partial charge in [0.15, 0.2) is 0 Å². The highest BCUT2D eigenvalue weighted by molar-refractivity contribution is 5.93. The summed E-state index contributed by atoms with van der Waals surface area (Å²) in [6, 6.07) is 8.67. The van der Waals surface area contributed by atoms with Gasteiger partial charge in [-0.1, -0.05) is 30.3 Å². The van der Waals surface area contributed by atoms with Crippen molar-refractivity contribution >= 4 is 11.9 Å². The number of amides is 1. The number of carboxylic acids is 1. The van der Waals surface area contributed by atoms with Crippen LogP contribution in [0.5, 0.6) is 0 Å². The Balaban J connectivity index is 2.74. The molecule has 0 aliphatic rings. The predicted molar refractivity (Wildman–Crippen MR) is 58.7 cm³/mol. The Morgan fingerprint density at radius 2 is 2.00 bits per heavy atom. The van der Waals surface area contributed by atoms with Gasteiger partial charge in [0, 0.05) is 6.54 Å². The maximum atomic E-state index is 11.0. The lowest BCUT2D eigenvalue weighted by Crippen LogP contribution is -2.30.